The highest BCUT2D eigenvalue weighted by atomic mass is 16.7. The number of epoxide rings is 1. The molecule has 4 spiro atoms. The highest BCUT2D eigenvalue weighted by molar-refractivity contribution is 5.93. The van der Waals surface area contributed by atoms with Gasteiger partial charge in [0.2, 0.25) is 0 Å². The van der Waals surface area contributed by atoms with E-state index in [1.54, 1.807) is 6.26 Å². The summed E-state index contributed by atoms with van der Waals surface area (Å²) in [6, 6.07) is 13.1. The van der Waals surface area contributed by atoms with Gasteiger partial charge < -0.3 is 38.5 Å². The molecule has 14 rings (SSSR count). The molecule has 2 aromatic rings. The Labute approximate surface area is 417 Å². The number of nitrogens with one attached hydrogen (secondary N) is 1. The van der Waals surface area contributed by atoms with Crippen LogP contribution in [0, 0.1) is 86.8 Å². The molecule has 1 aromatic carbocycles. The summed E-state index contributed by atoms with van der Waals surface area (Å²) in [6.07, 6.45) is 14.3. The molecule has 12 heteroatoms. The SMILES string of the molecule is CC1(C)OC2C3(CCCC3)C(=O)OCC23C1C(=O)C(O)C12C4CC(Cc5ccccc5)CCC4C#CCC4(c5ccoc5CC(CO)C5CCC6C(C=CN7CNCC67)C5)OC(=O)C5OC51C4(C)CCC32. The summed E-state index contributed by atoms with van der Waals surface area (Å²) in [5.41, 5.74) is -5.98. The number of hydrogen-bond donors (Lipinski definition) is 3. The first-order chi connectivity index (χ1) is 34.3. The highest BCUT2D eigenvalue weighted by Gasteiger charge is 2.95. The van der Waals surface area contributed by atoms with Crippen LogP contribution in [0.1, 0.15) is 121 Å². The van der Waals surface area contributed by atoms with Gasteiger partial charge in [-0.2, -0.15) is 0 Å². The lowest BCUT2D eigenvalue weighted by atomic mass is 9.30. The van der Waals surface area contributed by atoms with Gasteiger partial charge in [0.25, 0.3) is 0 Å². The summed E-state index contributed by atoms with van der Waals surface area (Å²) < 4.78 is 34.9. The first kappa shape index (κ1) is 45.6. The zero-order valence-corrected chi connectivity index (χ0v) is 41.7. The summed E-state index contributed by atoms with van der Waals surface area (Å²) in [4.78, 5) is 48.5. The third-order valence-electron chi connectivity index (χ3n) is 22.8. The van der Waals surface area contributed by atoms with Gasteiger partial charge >= 0.3 is 11.9 Å². The summed E-state index contributed by atoms with van der Waals surface area (Å²) >= 11 is 0. The fourth-order valence-corrected chi connectivity index (χ4v) is 20.2. The van der Waals surface area contributed by atoms with Crippen molar-refractivity contribution >= 4 is 17.7 Å². The molecule has 5 saturated carbocycles. The zero-order valence-electron chi connectivity index (χ0n) is 41.7. The van der Waals surface area contributed by atoms with E-state index in [0.717, 1.165) is 70.1 Å². The average molecular weight is 969 g/mol. The molecule has 12 nitrogen and oxygen atoms in total. The van der Waals surface area contributed by atoms with Crippen molar-refractivity contribution in [3.8, 4) is 11.8 Å². The maximum atomic E-state index is 16.2. The Balaban J connectivity index is 0.924. The minimum Gasteiger partial charge on any atom is -0.469 e. The van der Waals surface area contributed by atoms with Gasteiger partial charge in [0, 0.05) is 53.3 Å². The highest BCUT2D eigenvalue weighted by Crippen LogP contribution is 2.85. The molecular weight excluding hydrogens is 897 g/mol. The quantitative estimate of drug-likeness (QED) is 0.148. The Hall–Kier alpha value is -3.99. The van der Waals surface area contributed by atoms with Crippen LogP contribution in [0.2, 0.25) is 0 Å². The number of carbonyl (C=O) groups excluding carboxylic acids is 3. The molecule has 10 fully saturated rings. The molecule has 18 atom stereocenters. The van der Waals surface area contributed by atoms with Gasteiger partial charge in [-0.15, -0.1) is 0 Å². The van der Waals surface area contributed by atoms with Crippen molar-refractivity contribution in [2.45, 2.75) is 158 Å². The van der Waals surface area contributed by atoms with Crippen LogP contribution in [0.5, 0.6) is 0 Å². The second-order valence-corrected chi connectivity index (χ2v) is 25.6. The summed E-state index contributed by atoms with van der Waals surface area (Å²) in [6.45, 7) is 8.08. The number of esters is 2. The molecule has 5 saturated heterocycles. The number of ketones is 1. The minimum atomic E-state index is -1.52. The number of Topliss-reactive ketones (excluding diaryl/α,β-unsaturated/α-hetero) is 1. The van der Waals surface area contributed by atoms with Crippen molar-refractivity contribution in [3.05, 3.63) is 71.8 Å². The van der Waals surface area contributed by atoms with Crippen molar-refractivity contribution in [1.82, 2.24) is 10.2 Å². The Kier molecular flexibility index (Phi) is 9.98. The molecule has 0 amide bonds. The number of allylic oxidation sites excluding steroid dienone is 1. The molecular formula is C59H72N2O10. The summed E-state index contributed by atoms with van der Waals surface area (Å²) in [5, 5.41) is 28.8. The predicted molar refractivity (Wildman–Crippen MR) is 258 cm³/mol. The molecule has 7 heterocycles. The lowest BCUT2D eigenvalue weighted by Crippen LogP contribution is -2.81. The van der Waals surface area contributed by atoms with E-state index in [0.29, 0.717) is 62.2 Å². The van der Waals surface area contributed by atoms with Gasteiger partial charge in [-0.25, -0.2) is 4.79 Å². The second-order valence-electron chi connectivity index (χ2n) is 25.6. The predicted octanol–water partition coefficient (Wildman–Crippen LogP) is 7.04. The van der Waals surface area contributed by atoms with Gasteiger partial charge in [0.1, 0.15) is 24.1 Å². The van der Waals surface area contributed by atoms with Gasteiger partial charge in [-0.1, -0.05) is 68.0 Å². The van der Waals surface area contributed by atoms with Crippen molar-refractivity contribution in [2.24, 2.45) is 74.9 Å². The van der Waals surface area contributed by atoms with E-state index in [-0.39, 0.29) is 61.0 Å². The van der Waals surface area contributed by atoms with Gasteiger partial charge in [-0.3, -0.25) is 14.9 Å². The first-order valence-electron chi connectivity index (χ1n) is 27.6. The van der Waals surface area contributed by atoms with E-state index in [1.807, 2.05) is 26.0 Å². The smallest absolute Gasteiger partial charge is 0.339 e. The Morgan fingerprint density at radius 3 is 2.61 bits per heavy atom. The normalized spacial score (nSPS) is 47.3. The maximum Gasteiger partial charge on any atom is 0.339 e. The summed E-state index contributed by atoms with van der Waals surface area (Å²) in [7, 11) is 0. The summed E-state index contributed by atoms with van der Waals surface area (Å²) in [5.74, 6) is 6.91. The van der Waals surface area contributed by atoms with Crippen LogP contribution in [0.3, 0.4) is 0 Å². The number of ether oxygens (including phenoxy) is 4. The van der Waals surface area contributed by atoms with Gasteiger partial charge in [-0.05, 0) is 144 Å². The molecule has 71 heavy (non-hydrogen) atoms. The Morgan fingerprint density at radius 1 is 0.958 bits per heavy atom. The van der Waals surface area contributed by atoms with Crippen molar-refractivity contribution in [1.29, 1.82) is 0 Å². The second kappa shape index (κ2) is 15.5. The standard InChI is InChI=1S/C59H72N2O10/c1-53(2)47-46(63)48(64)58-42-27-35(26-34-10-5-4-6-11-34)13-14-36(42)12-9-22-57(41-19-25-67-44(41)29-39(31-62)37-15-16-40-38(28-37)18-24-61-33-60-30-43(40)61)54(3,59(58)49(69-59)50(65)70-57)23-17-45(58)56(47)32-68-52(66)55(51(56)71-53)20-7-8-21-55/h4-6,10-11,18-19,24-25,35-40,42-43,45,47-49,51,60,62,64H,7-8,13-17,20-23,26-33H2,1-3H3. The number of rotatable bonds is 7. The third kappa shape index (κ3) is 5.64. The number of nitrogens with zero attached hydrogens (tertiary/aromatic N) is 1. The molecule has 6 aliphatic carbocycles. The topological polar surface area (TPSA) is 160 Å². The van der Waals surface area contributed by atoms with Crippen LogP contribution < -0.4 is 5.32 Å². The molecule has 18 unspecified atom stereocenters. The molecule has 1 aromatic heterocycles. The van der Waals surface area contributed by atoms with Gasteiger partial charge in [0.15, 0.2) is 17.5 Å². The van der Waals surface area contributed by atoms with Crippen LogP contribution in [0.4, 0.5) is 0 Å². The van der Waals surface area contributed by atoms with Crippen molar-refractivity contribution in [2.75, 3.05) is 26.4 Å². The number of aliphatic hydroxyl groups excluding tert-OH is 2. The molecule has 4 bridgehead atoms. The number of fused-ring (bicyclic) bond motifs is 5. The molecule has 0 radical (unpaired) electrons. The lowest BCUT2D eigenvalue weighted by Gasteiger charge is -2.72. The van der Waals surface area contributed by atoms with Crippen LogP contribution in [-0.4, -0.2) is 94.8 Å². The van der Waals surface area contributed by atoms with E-state index in [9.17, 15) is 15.0 Å². The van der Waals surface area contributed by atoms with Crippen molar-refractivity contribution < 1.29 is 48.0 Å². The Bertz CT molecular complexity index is 2630. The van der Waals surface area contributed by atoms with E-state index in [2.05, 4.69) is 65.5 Å². The number of cyclic esters (lactones) is 1. The number of hydrogen-bond acceptors (Lipinski definition) is 12. The average Bonchev–Trinajstić information content (AvgIpc) is 3.83. The van der Waals surface area contributed by atoms with Crippen LogP contribution in [-0.2, 0) is 51.8 Å². The molecule has 3 N–H and O–H groups in total. The fraction of sp³-hybridized carbons (Fsp3) is 0.712. The Morgan fingerprint density at radius 2 is 1.79 bits per heavy atom. The molecule has 378 valence electrons. The fourth-order valence-electron chi connectivity index (χ4n) is 20.2. The number of benzene rings is 1. The minimum absolute atomic E-state index is 0.00348. The monoisotopic (exact) mass is 969 g/mol. The first-order valence-corrected chi connectivity index (χ1v) is 27.6. The number of furan rings is 1. The number of aliphatic hydroxyl groups is 2. The third-order valence-corrected chi connectivity index (χ3v) is 22.8. The lowest BCUT2D eigenvalue weighted by molar-refractivity contribution is -0.301. The van der Waals surface area contributed by atoms with Gasteiger partial charge in [0.05, 0.1) is 42.4 Å². The van der Waals surface area contributed by atoms with E-state index < -0.39 is 74.6 Å². The number of carbonyl (C=O) groups is 3. The maximum absolute atomic E-state index is 16.2. The van der Waals surface area contributed by atoms with E-state index in [4.69, 9.17) is 23.4 Å². The van der Waals surface area contributed by atoms with E-state index >= 15 is 9.59 Å². The largest absolute Gasteiger partial charge is 0.469 e. The molecule has 6 aliphatic heterocycles. The molecule has 12 aliphatic rings. The van der Waals surface area contributed by atoms with Crippen LogP contribution in [0.25, 0.3) is 0 Å². The van der Waals surface area contributed by atoms with Crippen LogP contribution in [0.15, 0.2) is 59.4 Å². The van der Waals surface area contributed by atoms with Crippen LogP contribution >= 0.6 is 0 Å². The van der Waals surface area contributed by atoms with Crippen molar-refractivity contribution in [3.63, 3.8) is 0 Å². The van der Waals surface area contributed by atoms with E-state index in [1.165, 1.54) is 5.56 Å². The zero-order chi connectivity index (χ0) is 48.5.